The normalized spacial score (nSPS) is 14.0. The summed E-state index contributed by atoms with van der Waals surface area (Å²) >= 11 is 0. The van der Waals surface area contributed by atoms with E-state index in [-0.39, 0.29) is 24.5 Å². The molecule has 0 heterocycles. The second-order valence-electron chi connectivity index (χ2n) is 10.9. The van der Waals surface area contributed by atoms with E-state index in [1.54, 1.807) is 0 Å². The van der Waals surface area contributed by atoms with Gasteiger partial charge in [-0.25, -0.2) is 0 Å². The summed E-state index contributed by atoms with van der Waals surface area (Å²) < 4.78 is 18.3. The van der Waals surface area contributed by atoms with E-state index in [1.165, 1.54) is 10.4 Å². The summed E-state index contributed by atoms with van der Waals surface area (Å²) in [5, 5.41) is 12.3. The molecule has 0 saturated carbocycles. The number of rotatable bonds is 15. The third kappa shape index (κ3) is 8.48. The summed E-state index contributed by atoms with van der Waals surface area (Å²) in [6, 6.07) is 31.5. The summed E-state index contributed by atoms with van der Waals surface area (Å²) in [7, 11) is -2.52. The van der Waals surface area contributed by atoms with E-state index in [0.717, 1.165) is 18.4 Å². The van der Waals surface area contributed by atoms with Crippen molar-refractivity contribution in [3.05, 3.63) is 109 Å². The molecule has 38 heavy (non-hydrogen) atoms. The van der Waals surface area contributed by atoms with Gasteiger partial charge in [0.2, 0.25) is 0 Å². The Labute approximate surface area is 230 Å². The molecule has 0 unspecified atom stereocenters. The Morgan fingerprint density at radius 3 is 1.89 bits per heavy atom. The van der Waals surface area contributed by atoms with Gasteiger partial charge < -0.3 is 19.0 Å². The molecule has 3 aromatic carbocycles. The van der Waals surface area contributed by atoms with Crippen molar-refractivity contribution < 1.29 is 19.0 Å². The fraction of sp³-hybridized carbons (Fsp3) is 0.394. The summed E-state index contributed by atoms with van der Waals surface area (Å²) in [4.78, 5) is 0. The number of aliphatic hydroxyl groups excluding tert-OH is 1. The third-order valence-corrected chi connectivity index (χ3v) is 11.9. The van der Waals surface area contributed by atoms with Gasteiger partial charge >= 0.3 is 0 Å². The Kier molecular flexibility index (Phi) is 12.0. The van der Waals surface area contributed by atoms with Crippen molar-refractivity contribution >= 4 is 18.7 Å². The molecule has 0 aliphatic rings. The fourth-order valence-corrected chi connectivity index (χ4v) is 9.37. The van der Waals surface area contributed by atoms with Crippen LogP contribution in [0.2, 0.25) is 5.04 Å². The zero-order valence-electron chi connectivity index (χ0n) is 23.4. The molecule has 0 spiro atoms. The lowest BCUT2D eigenvalue weighted by Crippen LogP contribution is -2.66. The summed E-state index contributed by atoms with van der Waals surface area (Å²) in [5.74, 6) is 0.348. The lowest BCUT2D eigenvalue weighted by Gasteiger charge is -2.42. The van der Waals surface area contributed by atoms with Crippen LogP contribution in [0.3, 0.4) is 0 Å². The van der Waals surface area contributed by atoms with Crippen molar-refractivity contribution in [2.24, 2.45) is 5.92 Å². The Morgan fingerprint density at radius 1 is 0.816 bits per heavy atom. The van der Waals surface area contributed by atoms with Crippen molar-refractivity contribution in [1.29, 1.82) is 0 Å². The lowest BCUT2D eigenvalue weighted by atomic mass is 10.0. The van der Waals surface area contributed by atoms with Gasteiger partial charge in [0.05, 0.1) is 25.9 Å². The molecule has 0 aromatic heterocycles. The molecule has 4 nitrogen and oxygen atoms in total. The number of ether oxygens (including phenoxy) is 2. The molecule has 3 rings (SSSR count). The standard InChI is InChI=1S/C33H44O4Si/c1-28(22-23-30(25-34)36-27-35-26-29-16-8-5-9-17-29)15-14-24-37-38(33(2,3)4,31-18-10-6-11-19-31)32-20-12-7-13-21-32/h5-21,28,30,34H,22-27H2,1-4H3/b15-14+/t28-,30+/m1/s1. The quantitative estimate of drug-likeness (QED) is 0.111. The molecule has 2 atom stereocenters. The highest BCUT2D eigenvalue weighted by Gasteiger charge is 2.49. The number of allylic oxidation sites excluding steroid dienone is 1. The van der Waals surface area contributed by atoms with Crippen molar-refractivity contribution in [1.82, 2.24) is 0 Å². The van der Waals surface area contributed by atoms with Crippen molar-refractivity contribution in [3.63, 3.8) is 0 Å². The summed E-state index contributed by atoms with van der Waals surface area (Å²) in [6.07, 6.45) is 5.83. The zero-order chi connectivity index (χ0) is 27.3. The van der Waals surface area contributed by atoms with Crippen LogP contribution < -0.4 is 10.4 Å². The molecule has 0 amide bonds. The average molecular weight is 533 g/mol. The number of hydrogen-bond acceptors (Lipinski definition) is 4. The molecule has 0 fully saturated rings. The van der Waals surface area contributed by atoms with Crippen LogP contribution in [0.25, 0.3) is 0 Å². The number of aliphatic hydroxyl groups is 1. The maximum absolute atomic E-state index is 9.74. The summed E-state index contributed by atoms with van der Waals surface area (Å²) in [5.41, 5.74) is 1.11. The van der Waals surface area contributed by atoms with E-state index < -0.39 is 8.32 Å². The van der Waals surface area contributed by atoms with Crippen LogP contribution in [0.4, 0.5) is 0 Å². The van der Waals surface area contributed by atoms with Gasteiger partial charge in [0.25, 0.3) is 8.32 Å². The second kappa shape index (κ2) is 15.1. The van der Waals surface area contributed by atoms with E-state index in [1.807, 2.05) is 30.3 Å². The van der Waals surface area contributed by atoms with Gasteiger partial charge in [-0.3, -0.25) is 0 Å². The van der Waals surface area contributed by atoms with Gasteiger partial charge in [-0.15, -0.1) is 0 Å². The van der Waals surface area contributed by atoms with Gasteiger partial charge in [-0.05, 0) is 39.7 Å². The fourth-order valence-electron chi connectivity index (χ4n) is 4.87. The predicted octanol–water partition coefficient (Wildman–Crippen LogP) is 6.09. The molecule has 1 N–H and O–H groups in total. The molecule has 0 radical (unpaired) electrons. The minimum Gasteiger partial charge on any atom is -0.404 e. The third-order valence-electron chi connectivity index (χ3n) is 6.92. The van der Waals surface area contributed by atoms with Crippen molar-refractivity contribution in [2.45, 2.75) is 58.3 Å². The zero-order valence-corrected chi connectivity index (χ0v) is 24.4. The topological polar surface area (TPSA) is 47.9 Å². The Hall–Kier alpha value is -2.54. The molecular formula is C33H44O4Si. The van der Waals surface area contributed by atoms with Crippen molar-refractivity contribution in [2.75, 3.05) is 20.0 Å². The van der Waals surface area contributed by atoms with Crippen LogP contribution in [0.1, 0.15) is 46.1 Å². The van der Waals surface area contributed by atoms with Crippen LogP contribution in [-0.2, 0) is 20.5 Å². The van der Waals surface area contributed by atoms with Crippen LogP contribution in [0, 0.1) is 5.92 Å². The SMILES string of the molecule is C[C@H](/C=C/CO[Si](c1ccccc1)(c1ccccc1)C(C)(C)C)CC[C@@H](CO)OCOCc1ccccc1. The Balaban J connectivity index is 1.54. The van der Waals surface area contributed by atoms with Gasteiger partial charge in [0, 0.05) is 0 Å². The largest absolute Gasteiger partial charge is 0.404 e. The molecule has 204 valence electrons. The minimum atomic E-state index is -2.52. The lowest BCUT2D eigenvalue weighted by molar-refractivity contribution is -0.111. The smallest absolute Gasteiger partial charge is 0.261 e. The van der Waals surface area contributed by atoms with E-state index >= 15 is 0 Å². The number of benzene rings is 3. The maximum atomic E-state index is 9.74. The van der Waals surface area contributed by atoms with Crippen molar-refractivity contribution in [3.8, 4) is 0 Å². The van der Waals surface area contributed by atoms with E-state index in [0.29, 0.717) is 19.1 Å². The predicted molar refractivity (Wildman–Crippen MR) is 159 cm³/mol. The molecule has 0 aliphatic carbocycles. The van der Waals surface area contributed by atoms with Crippen LogP contribution in [0.15, 0.2) is 103 Å². The molecular weight excluding hydrogens is 488 g/mol. The molecule has 0 aliphatic heterocycles. The molecule has 3 aromatic rings. The Bertz CT molecular complexity index is 1020. The van der Waals surface area contributed by atoms with Gasteiger partial charge in [-0.1, -0.05) is 131 Å². The highest BCUT2D eigenvalue weighted by atomic mass is 28.4. The number of hydrogen-bond donors (Lipinski definition) is 1. The van der Waals surface area contributed by atoms with Gasteiger partial charge in [0.15, 0.2) is 0 Å². The molecule has 0 saturated heterocycles. The average Bonchev–Trinajstić information content (AvgIpc) is 2.93. The second-order valence-corrected chi connectivity index (χ2v) is 15.2. The minimum absolute atomic E-state index is 0.0118. The van der Waals surface area contributed by atoms with E-state index in [9.17, 15) is 5.11 Å². The highest BCUT2D eigenvalue weighted by Crippen LogP contribution is 2.36. The molecule has 0 bridgehead atoms. The van der Waals surface area contributed by atoms with Crippen LogP contribution in [0.5, 0.6) is 0 Å². The molecule has 5 heteroatoms. The first-order valence-corrected chi connectivity index (χ1v) is 15.5. The van der Waals surface area contributed by atoms with Crippen LogP contribution in [-0.4, -0.2) is 39.5 Å². The highest BCUT2D eigenvalue weighted by molar-refractivity contribution is 6.99. The monoisotopic (exact) mass is 532 g/mol. The first-order valence-electron chi connectivity index (χ1n) is 13.6. The van der Waals surface area contributed by atoms with Gasteiger partial charge in [0.1, 0.15) is 6.79 Å². The summed E-state index contributed by atoms with van der Waals surface area (Å²) in [6.45, 7) is 10.3. The maximum Gasteiger partial charge on any atom is 0.261 e. The van der Waals surface area contributed by atoms with Crippen LogP contribution >= 0.6 is 0 Å². The Morgan fingerprint density at radius 2 is 1.37 bits per heavy atom. The first-order chi connectivity index (χ1) is 18.4. The first kappa shape index (κ1) is 30.0. The van der Waals surface area contributed by atoms with Gasteiger partial charge in [-0.2, -0.15) is 0 Å². The van der Waals surface area contributed by atoms with E-state index in [2.05, 4.69) is 101 Å². The van der Waals surface area contributed by atoms with E-state index in [4.69, 9.17) is 13.9 Å².